The molecule has 2 aromatic carbocycles. The van der Waals surface area contributed by atoms with Crippen LogP contribution in [0.15, 0.2) is 59.7 Å². The van der Waals surface area contributed by atoms with Crippen LogP contribution in [0.4, 0.5) is 23.5 Å². The van der Waals surface area contributed by atoms with Crippen LogP contribution in [0, 0.1) is 0 Å². The van der Waals surface area contributed by atoms with E-state index in [0.717, 1.165) is 11.3 Å². The summed E-state index contributed by atoms with van der Waals surface area (Å²) in [4.78, 5) is 12.9. The van der Waals surface area contributed by atoms with Gasteiger partial charge in [-0.2, -0.15) is 20.1 Å². The number of nitrogens with one attached hydrogen (secondary N) is 3. The summed E-state index contributed by atoms with van der Waals surface area (Å²) in [5.74, 6) is 1.74. The monoisotopic (exact) mass is 361 g/mol. The summed E-state index contributed by atoms with van der Waals surface area (Å²) in [6.07, 6.45) is 1.73. The van der Waals surface area contributed by atoms with Crippen LogP contribution >= 0.6 is 0 Å². The van der Waals surface area contributed by atoms with Crippen LogP contribution in [-0.2, 0) is 0 Å². The van der Waals surface area contributed by atoms with Gasteiger partial charge >= 0.3 is 0 Å². The Hall–Kier alpha value is -3.48. The van der Waals surface area contributed by atoms with Crippen molar-refractivity contribution >= 4 is 29.7 Å². The minimum Gasteiger partial charge on any atom is -0.357 e. The van der Waals surface area contributed by atoms with E-state index in [1.807, 2.05) is 42.5 Å². The fourth-order valence-corrected chi connectivity index (χ4v) is 2.38. The first-order valence-electron chi connectivity index (χ1n) is 8.79. The van der Waals surface area contributed by atoms with Gasteiger partial charge in [0.15, 0.2) is 0 Å². The number of anilines is 4. The molecule has 0 spiro atoms. The van der Waals surface area contributed by atoms with Crippen molar-refractivity contribution in [2.24, 2.45) is 5.10 Å². The summed E-state index contributed by atoms with van der Waals surface area (Å²) in [7, 11) is 1.75. The molecular weight excluding hydrogens is 338 g/mol. The number of nitrogens with zero attached hydrogens (tertiary/aromatic N) is 4. The van der Waals surface area contributed by atoms with Gasteiger partial charge in [-0.25, -0.2) is 5.43 Å². The van der Waals surface area contributed by atoms with Crippen molar-refractivity contribution in [2.45, 2.75) is 19.8 Å². The summed E-state index contributed by atoms with van der Waals surface area (Å²) >= 11 is 0. The SMILES string of the molecule is CNc1nc(N/N=C/c2ccc(C(C)C)cc2)nc(Nc2ccccc2)n1. The molecule has 0 aliphatic rings. The van der Waals surface area contributed by atoms with Crippen molar-refractivity contribution < 1.29 is 0 Å². The van der Waals surface area contributed by atoms with Gasteiger partial charge in [-0.3, -0.25) is 0 Å². The molecular formula is C20H23N7. The van der Waals surface area contributed by atoms with Crippen LogP contribution in [0.1, 0.15) is 30.9 Å². The molecule has 138 valence electrons. The Kier molecular flexibility index (Phi) is 5.94. The van der Waals surface area contributed by atoms with Crippen molar-refractivity contribution in [3.05, 3.63) is 65.7 Å². The lowest BCUT2D eigenvalue weighted by Gasteiger charge is -2.08. The molecule has 0 unspecified atom stereocenters. The number of hydrazone groups is 1. The molecule has 0 aliphatic heterocycles. The van der Waals surface area contributed by atoms with E-state index in [0.29, 0.717) is 23.8 Å². The van der Waals surface area contributed by atoms with Gasteiger partial charge in [0.2, 0.25) is 17.8 Å². The third-order valence-electron chi connectivity index (χ3n) is 3.87. The summed E-state index contributed by atoms with van der Waals surface area (Å²) < 4.78 is 0. The van der Waals surface area contributed by atoms with Crippen molar-refractivity contribution in [3.8, 4) is 0 Å². The number of rotatable bonds is 7. The molecule has 0 amide bonds. The first-order chi connectivity index (χ1) is 13.1. The molecule has 3 rings (SSSR count). The Morgan fingerprint density at radius 1 is 0.852 bits per heavy atom. The molecule has 1 aromatic heterocycles. The maximum Gasteiger partial charge on any atom is 0.250 e. The second-order valence-corrected chi connectivity index (χ2v) is 6.24. The van der Waals surface area contributed by atoms with Gasteiger partial charge in [-0.15, -0.1) is 0 Å². The smallest absolute Gasteiger partial charge is 0.250 e. The van der Waals surface area contributed by atoms with E-state index in [9.17, 15) is 0 Å². The minimum absolute atomic E-state index is 0.350. The molecule has 0 bridgehead atoms. The Balaban J connectivity index is 1.71. The predicted molar refractivity (Wildman–Crippen MR) is 111 cm³/mol. The zero-order valence-corrected chi connectivity index (χ0v) is 15.6. The highest BCUT2D eigenvalue weighted by molar-refractivity contribution is 5.80. The molecule has 0 saturated carbocycles. The number of hydrogen-bond donors (Lipinski definition) is 3. The summed E-state index contributed by atoms with van der Waals surface area (Å²) in [5, 5.41) is 10.3. The first kappa shape index (κ1) is 18.3. The first-order valence-corrected chi connectivity index (χ1v) is 8.79. The second kappa shape index (κ2) is 8.75. The Labute approximate surface area is 159 Å². The van der Waals surface area contributed by atoms with Crippen LogP contribution in [0.2, 0.25) is 0 Å². The fourth-order valence-electron chi connectivity index (χ4n) is 2.38. The molecule has 0 saturated heterocycles. The Morgan fingerprint density at radius 2 is 1.52 bits per heavy atom. The molecule has 1 heterocycles. The highest BCUT2D eigenvalue weighted by Gasteiger charge is 2.05. The highest BCUT2D eigenvalue weighted by Crippen LogP contribution is 2.16. The lowest BCUT2D eigenvalue weighted by molar-refractivity contribution is 0.866. The van der Waals surface area contributed by atoms with E-state index >= 15 is 0 Å². The number of aromatic nitrogens is 3. The third kappa shape index (κ3) is 5.24. The Bertz CT molecular complexity index is 890. The van der Waals surface area contributed by atoms with Crippen molar-refractivity contribution in [3.63, 3.8) is 0 Å². The van der Waals surface area contributed by atoms with E-state index < -0.39 is 0 Å². The molecule has 7 nitrogen and oxygen atoms in total. The molecule has 27 heavy (non-hydrogen) atoms. The standard InChI is InChI=1S/C20H23N7/c1-14(2)16-11-9-15(10-12-16)13-22-27-20-25-18(21-3)24-19(26-20)23-17-7-5-4-6-8-17/h4-14H,1-3H3,(H3,21,23,24,25,26,27)/b22-13+. The lowest BCUT2D eigenvalue weighted by atomic mass is 10.0. The van der Waals surface area contributed by atoms with E-state index in [1.54, 1.807) is 13.3 Å². The number of benzene rings is 2. The summed E-state index contributed by atoms with van der Waals surface area (Å²) in [6.45, 7) is 4.34. The normalized spacial score (nSPS) is 11.0. The van der Waals surface area contributed by atoms with Gasteiger partial charge in [-0.1, -0.05) is 56.3 Å². The maximum atomic E-state index is 4.35. The molecule has 3 N–H and O–H groups in total. The van der Waals surface area contributed by atoms with E-state index in [2.05, 4.69) is 62.1 Å². The largest absolute Gasteiger partial charge is 0.357 e. The predicted octanol–water partition coefficient (Wildman–Crippen LogP) is 4.23. The molecule has 0 atom stereocenters. The van der Waals surface area contributed by atoms with Gasteiger partial charge in [0.05, 0.1) is 6.21 Å². The Morgan fingerprint density at radius 3 is 2.19 bits per heavy atom. The highest BCUT2D eigenvalue weighted by atomic mass is 15.4. The average Bonchev–Trinajstić information content (AvgIpc) is 2.69. The fraction of sp³-hybridized carbons (Fsp3) is 0.200. The van der Waals surface area contributed by atoms with Gasteiger partial charge in [0, 0.05) is 12.7 Å². The lowest BCUT2D eigenvalue weighted by Crippen LogP contribution is -2.07. The second-order valence-electron chi connectivity index (χ2n) is 6.24. The molecule has 7 heteroatoms. The third-order valence-corrected chi connectivity index (χ3v) is 3.87. The number of para-hydroxylation sites is 1. The van der Waals surface area contributed by atoms with E-state index in [4.69, 9.17) is 0 Å². The molecule has 0 radical (unpaired) electrons. The van der Waals surface area contributed by atoms with Gasteiger partial charge in [0.25, 0.3) is 0 Å². The van der Waals surface area contributed by atoms with Crippen LogP contribution in [0.5, 0.6) is 0 Å². The summed E-state index contributed by atoms with van der Waals surface area (Å²) in [5.41, 5.74) is 6.05. The van der Waals surface area contributed by atoms with Crippen molar-refractivity contribution in [2.75, 3.05) is 23.1 Å². The number of hydrogen-bond acceptors (Lipinski definition) is 7. The van der Waals surface area contributed by atoms with Gasteiger partial charge in [-0.05, 0) is 29.2 Å². The van der Waals surface area contributed by atoms with Crippen LogP contribution in [-0.4, -0.2) is 28.2 Å². The molecule has 0 aliphatic carbocycles. The maximum absolute atomic E-state index is 4.35. The zero-order chi connectivity index (χ0) is 19.1. The van der Waals surface area contributed by atoms with Gasteiger partial charge in [0.1, 0.15) is 0 Å². The topological polar surface area (TPSA) is 87.1 Å². The van der Waals surface area contributed by atoms with E-state index in [1.165, 1.54) is 5.56 Å². The van der Waals surface area contributed by atoms with E-state index in [-0.39, 0.29) is 0 Å². The molecule has 0 fully saturated rings. The van der Waals surface area contributed by atoms with Crippen molar-refractivity contribution in [1.29, 1.82) is 0 Å². The average molecular weight is 361 g/mol. The molecule has 3 aromatic rings. The van der Waals surface area contributed by atoms with Crippen molar-refractivity contribution in [1.82, 2.24) is 15.0 Å². The zero-order valence-electron chi connectivity index (χ0n) is 15.6. The summed E-state index contributed by atoms with van der Waals surface area (Å²) in [6, 6.07) is 18.0. The minimum atomic E-state index is 0.350. The van der Waals surface area contributed by atoms with Gasteiger partial charge < -0.3 is 10.6 Å². The van der Waals surface area contributed by atoms with Crippen LogP contribution in [0.3, 0.4) is 0 Å². The van der Waals surface area contributed by atoms with Crippen LogP contribution in [0.25, 0.3) is 0 Å². The quantitative estimate of drug-likeness (QED) is 0.431. The van der Waals surface area contributed by atoms with Crippen LogP contribution < -0.4 is 16.1 Å².